The van der Waals surface area contributed by atoms with Crippen LogP contribution in [0.3, 0.4) is 0 Å². The summed E-state index contributed by atoms with van der Waals surface area (Å²) in [7, 11) is 0. The maximum absolute atomic E-state index is 10.9. The first-order valence-corrected chi connectivity index (χ1v) is 7.92. The van der Waals surface area contributed by atoms with Crippen molar-refractivity contribution < 1.29 is 14.3 Å². The third-order valence-corrected chi connectivity index (χ3v) is 3.57. The Labute approximate surface area is 142 Å². The van der Waals surface area contributed by atoms with Gasteiger partial charge in [-0.1, -0.05) is 24.3 Å². The van der Waals surface area contributed by atoms with Crippen molar-refractivity contribution in [2.75, 3.05) is 0 Å². The molecular weight excluding hydrogens is 302 g/mol. The molecule has 0 spiro atoms. The van der Waals surface area contributed by atoms with Crippen LogP contribution in [0.15, 0.2) is 48.5 Å². The fraction of sp³-hybridized carbons (Fsp3) is 0.300. The van der Waals surface area contributed by atoms with E-state index in [1.165, 1.54) is 6.92 Å². The molecule has 0 fully saturated rings. The van der Waals surface area contributed by atoms with Gasteiger partial charge in [-0.15, -0.1) is 0 Å². The van der Waals surface area contributed by atoms with Crippen LogP contribution >= 0.6 is 0 Å². The van der Waals surface area contributed by atoms with Crippen LogP contribution in [0.5, 0.6) is 5.75 Å². The molecule has 0 amide bonds. The van der Waals surface area contributed by atoms with Gasteiger partial charge in [-0.25, -0.2) is 0 Å². The van der Waals surface area contributed by atoms with Crippen molar-refractivity contribution in [3.05, 3.63) is 54.1 Å². The fourth-order valence-electron chi connectivity index (χ4n) is 2.54. The van der Waals surface area contributed by atoms with Crippen molar-refractivity contribution >= 4 is 5.97 Å². The number of nitriles is 1. The molecule has 0 aliphatic heterocycles. The van der Waals surface area contributed by atoms with Gasteiger partial charge < -0.3 is 9.47 Å². The Hall–Kier alpha value is -2.80. The zero-order chi connectivity index (χ0) is 17.5. The van der Waals surface area contributed by atoms with Crippen molar-refractivity contribution in [3.8, 4) is 22.9 Å². The van der Waals surface area contributed by atoms with Crippen LogP contribution in [0.2, 0.25) is 0 Å². The summed E-state index contributed by atoms with van der Waals surface area (Å²) in [5, 5.41) is 8.84. The van der Waals surface area contributed by atoms with Crippen LogP contribution in [0.1, 0.15) is 32.8 Å². The van der Waals surface area contributed by atoms with Crippen LogP contribution in [0, 0.1) is 11.3 Å². The number of carbonyl (C=O) groups is 1. The lowest BCUT2D eigenvalue weighted by Crippen LogP contribution is -2.22. The molecule has 24 heavy (non-hydrogen) atoms. The van der Waals surface area contributed by atoms with Gasteiger partial charge in [-0.2, -0.15) is 5.26 Å². The largest absolute Gasteiger partial charge is 0.491 e. The minimum atomic E-state index is -0.276. The molecule has 0 radical (unpaired) electrons. The highest BCUT2D eigenvalue weighted by molar-refractivity contribution is 5.66. The fourth-order valence-corrected chi connectivity index (χ4v) is 2.54. The molecule has 0 aliphatic carbocycles. The summed E-state index contributed by atoms with van der Waals surface area (Å²) in [6.45, 7) is 5.22. The van der Waals surface area contributed by atoms with E-state index < -0.39 is 0 Å². The number of hydrogen-bond donors (Lipinski definition) is 0. The predicted molar refractivity (Wildman–Crippen MR) is 92.5 cm³/mol. The Kier molecular flexibility index (Phi) is 5.97. The number of esters is 1. The molecule has 0 saturated carbocycles. The molecule has 0 bridgehead atoms. The van der Waals surface area contributed by atoms with Gasteiger partial charge >= 0.3 is 5.97 Å². The first-order valence-electron chi connectivity index (χ1n) is 7.92. The molecule has 0 saturated heterocycles. The first kappa shape index (κ1) is 17.6. The Morgan fingerprint density at radius 2 is 1.54 bits per heavy atom. The summed E-state index contributed by atoms with van der Waals surface area (Å²) in [6.07, 6.45) is 0.410. The average molecular weight is 323 g/mol. The Balaban J connectivity index is 1.96. The molecule has 2 aromatic rings. The van der Waals surface area contributed by atoms with Crippen LogP contribution in [-0.4, -0.2) is 18.2 Å². The van der Waals surface area contributed by atoms with Gasteiger partial charge in [0.25, 0.3) is 0 Å². The summed E-state index contributed by atoms with van der Waals surface area (Å²) in [6, 6.07) is 17.4. The average Bonchev–Trinajstić information content (AvgIpc) is 2.54. The van der Waals surface area contributed by atoms with Gasteiger partial charge in [0.05, 0.1) is 17.7 Å². The maximum Gasteiger partial charge on any atom is 0.302 e. The van der Waals surface area contributed by atoms with Crippen molar-refractivity contribution in [1.82, 2.24) is 0 Å². The van der Waals surface area contributed by atoms with E-state index in [0.717, 1.165) is 16.9 Å². The monoisotopic (exact) mass is 323 g/mol. The zero-order valence-corrected chi connectivity index (χ0v) is 14.2. The Bertz CT molecular complexity index is 714. The molecule has 0 aliphatic rings. The highest BCUT2D eigenvalue weighted by Gasteiger charge is 2.12. The van der Waals surface area contributed by atoms with Crippen molar-refractivity contribution in [2.24, 2.45) is 0 Å². The van der Waals surface area contributed by atoms with Gasteiger partial charge in [0.1, 0.15) is 11.9 Å². The molecule has 124 valence electrons. The number of hydrogen-bond acceptors (Lipinski definition) is 4. The standard InChI is InChI=1S/C20H21NO3/c1-14(23-16(3)22)12-15(2)24-20-10-8-19(9-11-20)18-6-4-17(13-21)5-7-18/h4-11,14-15H,12H2,1-3H3. The SMILES string of the molecule is CC(=O)OC(C)CC(C)Oc1ccc(-c2ccc(C#N)cc2)cc1. The van der Waals surface area contributed by atoms with E-state index in [4.69, 9.17) is 14.7 Å². The summed E-state index contributed by atoms with van der Waals surface area (Å²) >= 11 is 0. The second kappa shape index (κ2) is 8.16. The molecule has 0 N–H and O–H groups in total. The molecular formula is C20H21NO3. The zero-order valence-electron chi connectivity index (χ0n) is 14.2. The number of ether oxygens (including phenoxy) is 2. The molecule has 0 aromatic heterocycles. The smallest absolute Gasteiger partial charge is 0.302 e. The molecule has 4 nitrogen and oxygen atoms in total. The highest BCUT2D eigenvalue weighted by Crippen LogP contribution is 2.23. The normalized spacial score (nSPS) is 12.8. The van der Waals surface area contributed by atoms with Crippen LogP contribution in [0.25, 0.3) is 11.1 Å². The Morgan fingerprint density at radius 1 is 1.00 bits per heavy atom. The lowest BCUT2D eigenvalue weighted by molar-refractivity contribution is -0.146. The van der Waals surface area contributed by atoms with Crippen molar-refractivity contribution in [3.63, 3.8) is 0 Å². The summed E-state index contributed by atoms with van der Waals surface area (Å²) in [5.41, 5.74) is 2.76. The second-order valence-electron chi connectivity index (χ2n) is 5.80. The molecule has 4 heteroatoms. The quantitative estimate of drug-likeness (QED) is 0.742. The van der Waals surface area contributed by atoms with Crippen molar-refractivity contribution in [2.45, 2.75) is 39.4 Å². The van der Waals surface area contributed by atoms with Crippen LogP contribution in [-0.2, 0) is 9.53 Å². The topological polar surface area (TPSA) is 59.3 Å². The highest BCUT2D eigenvalue weighted by atomic mass is 16.5. The molecule has 2 rings (SSSR count). The lowest BCUT2D eigenvalue weighted by Gasteiger charge is -2.19. The van der Waals surface area contributed by atoms with Gasteiger partial charge in [-0.3, -0.25) is 4.79 Å². The van der Waals surface area contributed by atoms with E-state index in [2.05, 4.69) is 6.07 Å². The third-order valence-electron chi connectivity index (χ3n) is 3.57. The minimum Gasteiger partial charge on any atom is -0.491 e. The summed E-state index contributed by atoms with van der Waals surface area (Å²) < 4.78 is 11.0. The van der Waals surface area contributed by atoms with E-state index in [9.17, 15) is 4.79 Å². The molecule has 0 heterocycles. The van der Waals surface area contributed by atoms with E-state index in [0.29, 0.717) is 12.0 Å². The first-order chi connectivity index (χ1) is 11.5. The number of rotatable bonds is 6. The van der Waals surface area contributed by atoms with E-state index >= 15 is 0 Å². The molecule has 2 atom stereocenters. The number of carbonyl (C=O) groups excluding carboxylic acids is 1. The second-order valence-corrected chi connectivity index (χ2v) is 5.80. The summed E-state index contributed by atoms with van der Waals surface area (Å²) in [4.78, 5) is 10.9. The van der Waals surface area contributed by atoms with E-state index in [1.807, 2.05) is 50.2 Å². The molecule has 2 unspecified atom stereocenters. The number of benzene rings is 2. The molecule has 2 aromatic carbocycles. The van der Waals surface area contributed by atoms with E-state index in [-0.39, 0.29) is 18.2 Å². The maximum atomic E-state index is 10.9. The van der Waals surface area contributed by atoms with Gasteiger partial charge in [-0.05, 0) is 49.2 Å². The van der Waals surface area contributed by atoms with E-state index in [1.54, 1.807) is 12.1 Å². The van der Waals surface area contributed by atoms with Crippen LogP contribution < -0.4 is 4.74 Å². The lowest BCUT2D eigenvalue weighted by atomic mass is 10.0. The predicted octanol–water partition coefficient (Wildman–Crippen LogP) is 4.33. The number of nitrogens with zero attached hydrogens (tertiary/aromatic N) is 1. The van der Waals surface area contributed by atoms with Gasteiger partial charge in [0, 0.05) is 13.3 Å². The summed E-state index contributed by atoms with van der Waals surface area (Å²) in [5.74, 6) is 0.497. The van der Waals surface area contributed by atoms with Crippen molar-refractivity contribution in [1.29, 1.82) is 5.26 Å². The van der Waals surface area contributed by atoms with Gasteiger partial charge in [0.15, 0.2) is 0 Å². The Morgan fingerprint density at radius 3 is 2.04 bits per heavy atom. The van der Waals surface area contributed by atoms with Gasteiger partial charge in [0.2, 0.25) is 0 Å². The van der Waals surface area contributed by atoms with Crippen LogP contribution in [0.4, 0.5) is 0 Å². The third kappa shape index (κ3) is 5.13. The minimum absolute atomic E-state index is 0.0555.